The molecule has 0 spiro atoms. The number of allylic oxidation sites excluding steroid dienone is 2. The maximum Gasteiger partial charge on any atom is 0.310 e. The van der Waals surface area contributed by atoms with E-state index in [-0.39, 0.29) is 39.1 Å². The van der Waals surface area contributed by atoms with Gasteiger partial charge in [-0.1, -0.05) is 65.3 Å². The Labute approximate surface area is 309 Å². The molecule has 292 valence electrons. The van der Waals surface area contributed by atoms with Crippen LogP contribution in [-0.4, -0.2) is 85.3 Å². The van der Waals surface area contributed by atoms with Gasteiger partial charge in [-0.3, -0.25) is 9.48 Å². The van der Waals surface area contributed by atoms with Crippen molar-refractivity contribution in [2.75, 3.05) is 7.11 Å². The van der Waals surface area contributed by atoms with E-state index in [9.17, 15) is 25.2 Å². The van der Waals surface area contributed by atoms with Crippen LogP contribution in [0, 0.1) is 50.2 Å². The number of carboxylic acid groups (broad SMARTS) is 1. The molecular weight excluding hydrogens is 662 g/mol. The number of hydrogen-bond donors (Lipinski definition) is 4. The predicted octanol–water partition coefficient (Wildman–Crippen LogP) is 5.89. The van der Waals surface area contributed by atoms with E-state index >= 15 is 0 Å². The number of aryl methyl sites for hydroxylation is 1. The van der Waals surface area contributed by atoms with Crippen molar-refractivity contribution in [2.24, 2.45) is 50.2 Å². The molecule has 0 bridgehead atoms. The van der Waals surface area contributed by atoms with Gasteiger partial charge in [-0.15, -0.1) is 5.10 Å². The number of rotatable bonds is 8. The number of aliphatic carboxylic acids is 1. The molecule has 0 unspecified atom stereocenters. The van der Waals surface area contributed by atoms with Gasteiger partial charge in [0.15, 0.2) is 6.29 Å². The fraction of sp³-hybridized carbons (Fsp3) is 0.878. The normalized spacial score (nSPS) is 46.6. The van der Waals surface area contributed by atoms with E-state index in [4.69, 9.17) is 14.2 Å². The van der Waals surface area contributed by atoms with E-state index < -0.39 is 42.1 Å². The van der Waals surface area contributed by atoms with Crippen LogP contribution >= 0.6 is 0 Å². The van der Waals surface area contributed by atoms with Crippen LogP contribution in [0.1, 0.15) is 125 Å². The number of aliphatic hydroxyl groups is 3. The summed E-state index contributed by atoms with van der Waals surface area (Å²) < 4.78 is 19.2. The van der Waals surface area contributed by atoms with Crippen LogP contribution in [0.5, 0.6) is 0 Å². The van der Waals surface area contributed by atoms with E-state index in [0.29, 0.717) is 31.4 Å². The van der Waals surface area contributed by atoms with Gasteiger partial charge in [0.25, 0.3) is 0 Å². The minimum absolute atomic E-state index is 0.0119. The lowest BCUT2D eigenvalue weighted by molar-refractivity contribution is -0.291. The van der Waals surface area contributed by atoms with Gasteiger partial charge < -0.3 is 34.6 Å². The van der Waals surface area contributed by atoms with E-state index in [1.54, 1.807) is 4.68 Å². The molecule has 13 atom stereocenters. The van der Waals surface area contributed by atoms with E-state index in [1.807, 2.05) is 6.20 Å². The predicted molar refractivity (Wildman–Crippen MR) is 194 cm³/mol. The summed E-state index contributed by atoms with van der Waals surface area (Å²) in [6.07, 6.45) is 9.23. The summed E-state index contributed by atoms with van der Waals surface area (Å²) in [5.41, 5.74) is 2.04. The molecule has 1 aromatic rings. The number of nitrogens with zero attached hydrogens (tertiary/aromatic N) is 3. The Balaban J connectivity index is 1.03. The summed E-state index contributed by atoms with van der Waals surface area (Å²) in [5.74, 6) is 0.606. The molecule has 0 amide bonds. The van der Waals surface area contributed by atoms with Crippen LogP contribution in [0.25, 0.3) is 0 Å². The zero-order valence-corrected chi connectivity index (χ0v) is 32.8. The van der Waals surface area contributed by atoms with Crippen LogP contribution in [0.3, 0.4) is 0 Å². The molecule has 5 aliphatic carbocycles. The van der Waals surface area contributed by atoms with Gasteiger partial charge in [0, 0.05) is 13.7 Å². The number of fused-ring (bicyclic) bond motifs is 7. The second-order valence-electron chi connectivity index (χ2n) is 19.8. The molecule has 11 heteroatoms. The Morgan fingerprint density at radius 1 is 0.942 bits per heavy atom. The van der Waals surface area contributed by atoms with Crippen molar-refractivity contribution in [2.45, 2.75) is 169 Å². The standard InChI is InChI=1S/C41H65N3O8/c1-36(2)16-18-41(35(48)49)19-17-39(6)25(26(41)21-36)9-10-29-38(5)14-12-30(37(3,4)28(38)11-15-40(29,39)7)51-23-24-22-44(43-42-24)20-13-27-31(45)32(46)33(47)34(50-8)52-27/h9,22,26-34,45-47H,10-21,23H2,1-8H3,(H,48,49)/t26-,27+,28-,29+,30-,31+,32-,33+,34-,38-,39+,40+,41-/m0/s1. The summed E-state index contributed by atoms with van der Waals surface area (Å²) in [7, 11) is 1.39. The van der Waals surface area contributed by atoms with E-state index in [2.05, 4.69) is 64.9 Å². The number of carbonyl (C=O) groups is 1. The topological polar surface area (TPSA) is 156 Å². The van der Waals surface area contributed by atoms with Crippen LogP contribution in [0.2, 0.25) is 0 Å². The molecule has 1 saturated heterocycles. The maximum atomic E-state index is 13.0. The average Bonchev–Trinajstić information content (AvgIpc) is 3.54. The highest BCUT2D eigenvalue weighted by Gasteiger charge is 2.69. The fourth-order valence-corrected chi connectivity index (χ4v) is 13.2. The number of methoxy groups -OCH3 is 1. The Morgan fingerprint density at radius 2 is 1.67 bits per heavy atom. The van der Waals surface area contributed by atoms with Crippen molar-refractivity contribution >= 4 is 5.97 Å². The third-order valence-corrected chi connectivity index (χ3v) is 16.6. The first-order valence-corrected chi connectivity index (χ1v) is 20.0. The Hall–Kier alpha value is -1.89. The van der Waals surface area contributed by atoms with E-state index in [1.165, 1.54) is 12.7 Å². The molecule has 7 rings (SSSR count). The molecule has 4 saturated carbocycles. The Morgan fingerprint density at radius 3 is 2.38 bits per heavy atom. The monoisotopic (exact) mass is 727 g/mol. The highest BCUT2D eigenvalue weighted by molar-refractivity contribution is 5.76. The van der Waals surface area contributed by atoms with E-state index in [0.717, 1.165) is 69.9 Å². The second-order valence-corrected chi connectivity index (χ2v) is 19.8. The lowest BCUT2D eigenvalue weighted by atomic mass is 9.33. The lowest BCUT2D eigenvalue weighted by Crippen LogP contribution is -2.65. The smallest absolute Gasteiger partial charge is 0.310 e. The molecule has 4 N–H and O–H groups in total. The molecule has 0 radical (unpaired) electrons. The molecular formula is C41H65N3O8. The number of aromatic nitrogens is 3. The molecule has 52 heavy (non-hydrogen) atoms. The first kappa shape index (κ1) is 38.4. The summed E-state index contributed by atoms with van der Waals surface area (Å²) in [6, 6.07) is 0. The third-order valence-electron chi connectivity index (χ3n) is 16.6. The molecule has 6 aliphatic rings. The van der Waals surface area contributed by atoms with Crippen molar-refractivity contribution < 1.29 is 39.4 Å². The minimum Gasteiger partial charge on any atom is -0.481 e. The van der Waals surface area contributed by atoms with Gasteiger partial charge >= 0.3 is 5.97 Å². The first-order valence-electron chi connectivity index (χ1n) is 20.0. The largest absolute Gasteiger partial charge is 0.481 e. The van der Waals surface area contributed by atoms with Gasteiger partial charge in [0.05, 0.1) is 30.4 Å². The lowest BCUT2D eigenvalue weighted by Gasteiger charge is -2.71. The van der Waals surface area contributed by atoms with Crippen molar-refractivity contribution in [1.82, 2.24) is 15.0 Å². The molecule has 5 fully saturated rings. The number of ether oxygens (including phenoxy) is 3. The number of aliphatic hydroxyl groups excluding tert-OH is 3. The van der Waals surface area contributed by atoms with Crippen molar-refractivity contribution in [3.63, 3.8) is 0 Å². The SMILES string of the molecule is CO[C@H]1O[C@H](CCn2cc(CO[C@H]3CC[C@]4(C)[C@H]5CC=C6[C@@H]7CC(C)(C)CC[C@]7(C(=O)O)CC[C@@]6(C)[C@]5(C)CC[C@H]4C3(C)C)nn2)[C@@H](O)[C@H](O)[C@H]1O. The summed E-state index contributed by atoms with van der Waals surface area (Å²) in [6.45, 7) is 17.9. The van der Waals surface area contributed by atoms with Crippen LogP contribution in [0.15, 0.2) is 17.8 Å². The molecule has 11 nitrogen and oxygen atoms in total. The van der Waals surface area contributed by atoms with Crippen molar-refractivity contribution in [3.05, 3.63) is 23.5 Å². The molecule has 2 heterocycles. The highest BCUT2D eigenvalue weighted by Crippen LogP contribution is 2.76. The van der Waals surface area contributed by atoms with Gasteiger partial charge in [0.1, 0.15) is 24.0 Å². The molecule has 1 aliphatic heterocycles. The second kappa shape index (κ2) is 13.1. The van der Waals surface area contributed by atoms with Crippen LogP contribution < -0.4 is 0 Å². The first-order chi connectivity index (χ1) is 24.3. The Kier molecular flexibility index (Phi) is 9.68. The summed E-state index contributed by atoms with van der Waals surface area (Å²) >= 11 is 0. The van der Waals surface area contributed by atoms with Gasteiger partial charge in [-0.2, -0.15) is 0 Å². The molecule has 0 aromatic carbocycles. The maximum absolute atomic E-state index is 13.0. The zero-order chi connectivity index (χ0) is 37.6. The van der Waals surface area contributed by atoms with Crippen molar-refractivity contribution in [1.29, 1.82) is 0 Å². The number of carboxylic acids is 1. The van der Waals surface area contributed by atoms with Gasteiger partial charge in [-0.25, -0.2) is 0 Å². The summed E-state index contributed by atoms with van der Waals surface area (Å²) in [5, 5.41) is 50.1. The number of hydrogen-bond acceptors (Lipinski definition) is 9. The third kappa shape index (κ3) is 5.76. The highest BCUT2D eigenvalue weighted by atomic mass is 16.7. The Bertz CT molecular complexity index is 1540. The summed E-state index contributed by atoms with van der Waals surface area (Å²) in [4.78, 5) is 13.0. The quantitative estimate of drug-likeness (QED) is 0.238. The minimum atomic E-state index is -1.35. The van der Waals surface area contributed by atoms with Gasteiger partial charge in [-0.05, 0) is 115 Å². The zero-order valence-electron chi connectivity index (χ0n) is 32.8. The fourth-order valence-electron chi connectivity index (χ4n) is 13.2. The van der Waals surface area contributed by atoms with Gasteiger partial charge in [0.2, 0.25) is 0 Å². The van der Waals surface area contributed by atoms with Crippen LogP contribution in [0.4, 0.5) is 0 Å². The molecule has 1 aromatic heterocycles. The van der Waals surface area contributed by atoms with Crippen molar-refractivity contribution in [3.8, 4) is 0 Å². The average molecular weight is 728 g/mol. The van der Waals surface area contributed by atoms with Crippen LogP contribution in [-0.2, 0) is 32.2 Å².